The van der Waals surface area contributed by atoms with Gasteiger partial charge in [0, 0.05) is 11.1 Å². The third-order valence-electron chi connectivity index (χ3n) is 7.05. The van der Waals surface area contributed by atoms with Gasteiger partial charge in [-0.1, -0.05) is 60.7 Å². The molecule has 0 fully saturated rings. The van der Waals surface area contributed by atoms with E-state index in [1.807, 2.05) is 97.1 Å². The Labute approximate surface area is 230 Å². The molecule has 0 atom stereocenters. The molecule has 5 aliphatic rings. The maximum absolute atomic E-state index is 12.3. The largest absolute Gasteiger partial charge is 0.298 e. The molecule has 2 aromatic rings. The van der Waals surface area contributed by atoms with Crippen LogP contribution in [-0.2, 0) is 9.59 Å². The molecule has 6 nitrogen and oxygen atoms in total. The molecule has 2 aromatic carbocycles. The molecule has 0 radical (unpaired) electrons. The van der Waals surface area contributed by atoms with Crippen LogP contribution in [0.5, 0.6) is 0 Å². The van der Waals surface area contributed by atoms with Crippen molar-refractivity contribution in [3.63, 3.8) is 0 Å². The summed E-state index contributed by atoms with van der Waals surface area (Å²) in [7, 11) is 0. The standard InChI is InChI=1S/C34H20N4O2/c39-19-23-25-11-12-26(35-25)24(20-40)28-14-16-30(37-28)34(22-9-5-2-6-10-22)32-18-17-31(38-32)33(21-7-3-1-4-8-21)29-15-13-27(23)36-29/h1-20H. The average Bonchev–Trinajstić information content (AvgIpc) is 3.81. The number of fused-ring (bicyclic) bond motifs is 4. The fourth-order valence-electron chi connectivity index (χ4n) is 5.17. The summed E-state index contributed by atoms with van der Waals surface area (Å²) in [5, 5.41) is 0. The van der Waals surface area contributed by atoms with Crippen LogP contribution in [0, 0.1) is 0 Å². The predicted molar refractivity (Wildman–Crippen MR) is 159 cm³/mol. The van der Waals surface area contributed by atoms with Gasteiger partial charge in [0.1, 0.15) is 0 Å². The molecule has 0 N–H and O–H groups in total. The van der Waals surface area contributed by atoms with Crippen molar-refractivity contribution >= 4 is 46.6 Å². The highest BCUT2D eigenvalue weighted by Gasteiger charge is 2.26. The summed E-state index contributed by atoms with van der Waals surface area (Å²) < 4.78 is 0. The van der Waals surface area contributed by atoms with Gasteiger partial charge in [0.2, 0.25) is 0 Å². The number of rotatable bonds is 4. The van der Waals surface area contributed by atoms with Gasteiger partial charge in [-0.2, -0.15) is 0 Å². The SMILES string of the molecule is O=CC1=C2C=CC(=N2)C(C=O)=C2C=CC(=N2)C(c2ccccc2)=C2C=CC(=N2)C(c2ccccc2)=C2C=CC1=N2. The second kappa shape index (κ2) is 9.60. The quantitative estimate of drug-likeness (QED) is 0.483. The fourth-order valence-corrected chi connectivity index (χ4v) is 5.17. The van der Waals surface area contributed by atoms with Crippen LogP contribution in [0.15, 0.2) is 163 Å². The molecule has 0 aromatic heterocycles. The van der Waals surface area contributed by atoms with E-state index in [1.165, 1.54) is 0 Å². The lowest BCUT2D eigenvalue weighted by Gasteiger charge is -2.11. The first kappa shape index (κ1) is 23.5. The molecular weight excluding hydrogens is 496 g/mol. The first-order chi connectivity index (χ1) is 19.7. The number of hydrogen-bond donors (Lipinski definition) is 0. The topological polar surface area (TPSA) is 83.6 Å². The monoisotopic (exact) mass is 516 g/mol. The minimum absolute atomic E-state index is 0.342. The smallest absolute Gasteiger partial charge is 0.154 e. The second-order valence-electron chi connectivity index (χ2n) is 9.41. The van der Waals surface area contributed by atoms with Crippen LogP contribution in [0.25, 0.3) is 11.1 Å². The van der Waals surface area contributed by atoms with E-state index in [1.54, 1.807) is 12.2 Å². The average molecular weight is 517 g/mol. The Morgan fingerprint density at radius 3 is 1.20 bits per heavy atom. The molecule has 0 saturated heterocycles. The number of carbonyl (C=O) groups excluding carboxylic acids is 2. The Balaban J connectivity index is 1.56. The van der Waals surface area contributed by atoms with E-state index in [0.717, 1.165) is 46.3 Å². The molecular formula is C34H20N4O2. The van der Waals surface area contributed by atoms with Crippen LogP contribution in [0.4, 0.5) is 0 Å². The molecule has 0 unspecified atom stereocenters. The van der Waals surface area contributed by atoms with E-state index in [-0.39, 0.29) is 0 Å². The number of aldehydes is 2. The van der Waals surface area contributed by atoms with E-state index in [0.29, 0.717) is 45.4 Å². The van der Waals surface area contributed by atoms with Gasteiger partial charge in [0.15, 0.2) is 12.6 Å². The maximum Gasteiger partial charge on any atom is 0.154 e. The molecule has 188 valence electrons. The highest BCUT2D eigenvalue weighted by molar-refractivity contribution is 6.36. The zero-order valence-corrected chi connectivity index (χ0v) is 21.2. The minimum atomic E-state index is 0.342. The summed E-state index contributed by atoms with van der Waals surface area (Å²) in [6.45, 7) is 0. The lowest BCUT2D eigenvalue weighted by Crippen LogP contribution is -2.04. The Bertz CT molecular complexity index is 1840. The van der Waals surface area contributed by atoms with Gasteiger partial charge >= 0.3 is 0 Å². The van der Waals surface area contributed by atoms with E-state index in [2.05, 4.69) is 4.99 Å². The molecule has 0 saturated carbocycles. The van der Waals surface area contributed by atoms with Crippen LogP contribution in [0.3, 0.4) is 0 Å². The molecule has 5 heterocycles. The summed E-state index contributed by atoms with van der Waals surface area (Å²) >= 11 is 0. The normalized spacial score (nSPS) is 19.0. The molecule has 7 rings (SSSR count). The third-order valence-corrected chi connectivity index (χ3v) is 7.05. The van der Waals surface area contributed by atoms with Crippen molar-refractivity contribution in [2.24, 2.45) is 20.0 Å². The number of nitrogens with zero attached hydrogens (tertiary/aromatic N) is 4. The van der Waals surface area contributed by atoms with Crippen LogP contribution in [-0.4, -0.2) is 35.4 Å². The first-order valence-electron chi connectivity index (χ1n) is 12.8. The van der Waals surface area contributed by atoms with Crippen LogP contribution in [0.2, 0.25) is 0 Å². The Morgan fingerprint density at radius 2 is 0.750 bits per heavy atom. The maximum atomic E-state index is 12.3. The number of hydrogen-bond acceptors (Lipinski definition) is 6. The van der Waals surface area contributed by atoms with Gasteiger partial charge in [0.25, 0.3) is 0 Å². The number of aliphatic imine (C=N–C) groups is 4. The number of carbonyl (C=O) groups is 2. The molecule has 6 heteroatoms. The van der Waals surface area contributed by atoms with Crippen molar-refractivity contribution in [2.45, 2.75) is 0 Å². The van der Waals surface area contributed by atoms with Crippen LogP contribution >= 0.6 is 0 Å². The molecule has 8 bridgehead atoms. The molecule has 0 amide bonds. The molecule has 40 heavy (non-hydrogen) atoms. The molecule has 0 spiro atoms. The first-order valence-corrected chi connectivity index (χ1v) is 12.8. The second-order valence-corrected chi connectivity index (χ2v) is 9.41. The molecule has 0 aliphatic carbocycles. The van der Waals surface area contributed by atoms with Gasteiger partial charge in [0.05, 0.1) is 56.8 Å². The van der Waals surface area contributed by atoms with Crippen LogP contribution < -0.4 is 0 Å². The minimum Gasteiger partial charge on any atom is -0.298 e. The van der Waals surface area contributed by atoms with Gasteiger partial charge in [-0.15, -0.1) is 0 Å². The summed E-state index contributed by atoms with van der Waals surface area (Å²) in [5.41, 5.74) is 9.08. The van der Waals surface area contributed by atoms with Gasteiger partial charge in [-0.25, -0.2) is 20.0 Å². The van der Waals surface area contributed by atoms with Crippen molar-refractivity contribution in [3.8, 4) is 0 Å². The highest BCUT2D eigenvalue weighted by Crippen LogP contribution is 2.35. The summed E-state index contributed by atoms with van der Waals surface area (Å²) in [6.07, 6.45) is 16.3. The summed E-state index contributed by atoms with van der Waals surface area (Å²) in [4.78, 5) is 44.0. The van der Waals surface area contributed by atoms with Crippen molar-refractivity contribution in [1.29, 1.82) is 0 Å². The highest BCUT2D eigenvalue weighted by atomic mass is 16.1. The zero-order valence-electron chi connectivity index (χ0n) is 21.2. The summed E-state index contributed by atoms with van der Waals surface area (Å²) in [6, 6.07) is 19.9. The lowest BCUT2D eigenvalue weighted by atomic mass is 9.99. The van der Waals surface area contributed by atoms with E-state index in [4.69, 9.17) is 15.0 Å². The van der Waals surface area contributed by atoms with E-state index < -0.39 is 0 Å². The van der Waals surface area contributed by atoms with Crippen molar-refractivity contribution in [2.75, 3.05) is 0 Å². The van der Waals surface area contributed by atoms with Gasteiger partial charge < -0.3 is 0 Å². The summed E-state index contributed by atoms with van der Waals surface area (Å²) in [5.74, 6) is 0. The van der Waals surface area contributed by atoms with Crippen molar-refractivity contribution in [1.82, 2.24) is 0 Å². The van der Waals surface area contributed by atoms with Crippen molar-refractivity contribution < 1.29 is 9.59 Å². The van der Waals surface area contributed by atoms with Gasteiger partial charge in [-0.3, -0.25) is 9.59 Å². The predicted octanol–water partition coefficient (Wildman–Crippen LogP) is 5.77. The lowest BCUT2D eigenvalue weighted by molar-refractivity contribution is -0.105. The third kappa shape index (κ3) is 3.90. The Kier molecular flexibility index (Phi) is 5.64. The van der Waals surface area contributed by atoms with E-state index >= 15 is 0 Å². The molecule has 5 aliphatic heterocycles. The van der Waals surface area contributed by atoms with Crippen LogP contribution in [0.1, 0.15) is 11.1 Å². The van der Waals surface area contributed by atoms with Crippen molar-refractivity contribution in [3.05, 3.63) is 154 Å². The Hall–Kier alpha value is -5.62. The number of benzene rings is 2. The van der Waals surface area contributed by atoms with E-state index in [9.17, 15) is 9.59 Å². The Morgan fingerprint density at radius 1 is 0.400 bits per heavy atom. The van der Waals surface area contributed by atoms with Gasteiger partial charge in [-0.05, 0) is 59.7 Å². The number of allylic oxidation sites excluding steroid dienone is 12. The zero-order chi connectivity index (χ0) is 27.1. The fraction of sp³-hybridized carbons (Fsp3) is 0.